The van der Waals surface area contributed by atoms with Gasteiger partial charge >= 0.3 is 0 Å². The number of aromatic nitrogens is 2. The average Bonchev–Trinajstić information content (AvgIpc) is 2.90. The molecule has 5 heteroatoms. The highest BCUT2D eigenvalue weighted by Crippen LogP contribution is 2.31. The molecule has 2 rings (SSSR count). The monoisotopic (exact) mass is 279 g/mol. The number of aliphatic hydroxyl groups excluding tert-OH is 1. The van der Waals surface area contributed by atoms with Gasteiger partial charge in [0.2, 0.25) is 11.8 Å². The van der Waals surface area contributed by atoms with Crippen molar-refractivity contribution in [2.45, 2.75) is 39.5 Å². The molecule has 0 saturated heterocycles. The smallest absolute Gasteiger partial charge is 0.226 e. The zero-order valence-electron chi connectivity index (χ0n) is 12.4. The van der Waals surface area contributed by atoms with E-state index in [2.05, 4.69) is 22.2 Å². The number of aryl methyl sites for hydroxylation is 1. The van der Waals surface area contributed by atoms with Crippen LogP contribution < -0.4 is 10.1 Å². The molecule has 1 fully saturated rings. The topological polar surface area (TPSA) is 67.3 Å². The number of anilines is 1. The molecule has 1 aromatic heterocycles. The lowest BCUT2D eigenvalue weighted by Gasteiger charge is -2.18. The second-order valence-corrected chi connectivity index (χ2v) is 5.53. The summed E-state index contributed by atoms with van der Waals surface area (Å²) in [7, 11) is 0. The number of rotatable bonds is 7. The highest BCUT2D eigenvalue weighted by molar-refractivity contribution is 5.30. The zero-order valence-corrected chi connectivity index (χ0v) is 12.4. The van der Waals surface area contributed by atoms with Crippen molar-refractivity contribution in [1.29, 1.82) is 0 Å². The average molecular weight is 279 g/mol. The van der Waals surface area contributed by atoms with Gasteiger partial charge in [0.25, 0.3) is 0 Å². The third-order valence-electron chi connectivity index (χ3n) is 3.86. The van der Waals surface area contributed by atoms with Crippen molar-refractivity contribution >= 4 is 5.95 Å². The van der Waals surface area contributed by atoms with Gasteiger partial charge in [-0.3, -0.25) is 0 Å². The van der Waals surface area contributed by atoms with Gasteiger partial charge in [-0.1, -0.05) is 13.3 Å². The third kappa shape index (κ3) is 4.07. The van der Waals surface area contributed by atoms with E-state index in [0.717, 1.165) is 25.1 Å². The molecule has 1 aromatic rings. The number of ether oxygens (including phenoxy) is 1. The van der Waals surface area contributed by atoms with E-state index in [1.54, 1.807) is 0 Å². The predicted octanol–water partition coefficient (Wildman–Crippen LogP) is 2.39. The Morgan fingerprint density at radius 3 is 2.90 bits per heavy atom. The molecule has 0 bridgehead atoms. The van der Waals surface area contributed by atoms with Gasteiger partial charge in [-0.15, -0.1) is 0 Å². The lowest BCUT2D eigenvalue weighted by molar-refractivity contribution is 0.198. The molecule has 1 saturated carbocycles. The number of hydrogen-bond acceptors (Lipinski definition) is 5. The Hall–Kier alpha value is -1.36. The Morgan fingerprint density at radius 1 is 1.35 bits per heavy atom. The summed E-state index contributed by atoms with van der Waals surface area (Å²) in [6, 6.07) is 1.85. The molecule has 0 spiro atoms. The van der Waals surface area contributed by atoms with Gasteiger partial charge < -0.3 is 15.2 Å². The fraction of sp³-hybridized carbons (Fsp3) is 0.733. The second-order valence-electron chi connectivity index (χ2n) is 5.53. The van der Waals surface area contributed by atoms with Crippen LogP contribution in [0.25, 0.3) is 0 Å². The molecule has 2 unspecified atom stereocenters. The molecule has 0 amide bonds. The number of nitrogens with zero attached hydrogens (tertiary/aromatic N) is 2. The van der Waals surface area contributed by atoms with Gasteiger partial charge in [-0.2, -0.15) is 4.98 Å². The maximum Gasteiger partial charge on any atom is 0.226 e. The Labute approximate surface area is 120 Å². The first-order chi connectivity index (χ1) is 9.72. The molecule has 2 atom stereocenters. The van der Waals surface area contributed by atoms with Crippen molar-refractivity contribution in [2.24, 2.45) is 11.8 Å². The summed E-state index contributed by atoms with van der Waals surface area (Å²) >= 11 is 0. The first-order valence-electron chi connectivity index (χ1n) is 7.56. The highest BCUT2D eigenvalue weighted by atomic mass is 16.5. The minimum atomic E-state index is 0.284. The van der Waals surface area contributed by atoms with Gasteiger partial charge in [0, 0.05) is 24.9 Å². The lowest BCUT2D eigenvalue weighted by Crippen LogP contribution is -2.21. The maximum absolute atomic E-state index is 9.34. The highest BCUT2D eigenvalue weighted by Gasteiger charge is 2.26. The van der Waals surface area contributed by atoms with Crippen molar-refractivity contribution in [2.75, 3.05) is 25.1 Å². The molecule has 2 N–H and O–H groups in total. The van der Waals surface area contributed by atoms with Crippen molar-refractivity contribution < 1.29 is 9.84 Å². The Morgan fingerprint density at radius 2 is 2.15 bits per heavy atom. The Balaban J connectivity index is 1.93. The third-order valence-corrected chi connectivity index (χ3v) is 3.86. The summed E-state index contributed by atoms with van der Waals surface area (Å²) < 4.78 is 5.56. The minimum Gasteiger partial charge on any atom is -0.478 e. The minimum absolute atomic E-state index is 0.284. The molecule has 0 aliphatic heterocycles. The molecule has 20 heavy (non-hydrogen) atoms. The van der Waals surface area contributed by atoms with E-state index in [9.17, 15) is 5.11 Å². The largest absolute Gasteiger partial charge is 0.478 e. The van der Waals surface area contributed by atoms with E-state index in [1.165, 1.54) is 12.8 Å². The molecule has 1 aliphatic carbocycles. The van der Waals surface area contributed by atoms with E-state index >= 15 is 0 Å². The molecule has 1 heterocycles. The van der Waals surface area contributed by atoms with E-state index in [4.69, 9.17) is 4.74 Å². The first-order valence-corrected chi connectivity index (χ1v) is 7.56. The Kier molecular flexibility index (Phi) is 5.59. The van der Waals surface area contributed by atoms with Crippen molar-refractivity contribution in [1.82, 2.24) is 9.97 Å². The summed E-state index contributed by atoms with van der Waals surface area (Å²) in [6.45, 7) is 5.79. The molecular weight excluding hydrogens is 254 g/mol. The molecule has 0 aromatic carbocycles. The van der Waals surface area contributed by atoms with Gasteiger partial charge in [0.15, 0.2) is 0 Å². The molecule has 1 aliphatic rings. The quantitative estimate of drug-likeness (QED) is 0.802. The van der Waals surface area contributed by atoms with E-state index < -0.39 is 0 Å². The van der Waals surface area contributed by atoms with E-state index in [1.807, 2.05) is 13.0 Å². The van der Waals surface area contributed by atoms with Gasteiger partial charge in [0.1, 0.15) is 0 Å². The van der Waals surface area contributed by atoms with E-state index in [-0.39, 0.29) is 6.61 Å². The number of nitrogens with one attached hydrogen (secondary N) is 1. The zero-order chi connectivity index (χ0) is 14.4. The SMILES string of the molecule is CCCOc1cc(C)nc(NCC2CCCC2CO)n1. The first kappa shape index (κ1) is 15.0. The fourth-order valence-corrected chi connectivity index (χ4v) is 2.74. The van der Waals surface area contributed by atoms with Crippen LogP contribution in [-0.4, -0.2) is 34.8 Å². The number of aliphatic hydroxyl groups is 1. The van der Waals surface area contributed by atoms with Gasteiger partial charge in [0.05, 0.1) is 6.61 Å². The molecule has 5 nitrogen and oxygen atoms in total. The normalized spacial score (nSPS) is 21.9. The lowest BCUT2D eigenvalue weighted by atomic mass is 9.97. The van der Waals surface area contributed by atoms with Crippen molar-refractivity contribution in [3.05, 3.63) is 11.8 Å². The van der Waals surface area contributed by atoms with Crippen LogP contribution in [-0.2, 0) is 0 Å². The summed E-state index contributed by atoms with van der Waals surface area (Å²) in [5, 5.41) is 12.6. The Bertz CT molecular complexity index is 426. The van der Waals surface area contributed by atoms with Crippen LogP contribution in [0.15, 0.2) is 6.07 Å². The predicted molar refractivity (Wildman–Crippen MR) is 79.0 cm³/mol. The van der Waals surface area contributed by atoms with Crippen LogP contribution in [0, 0.1) is 18.8 Å². The fourth-order valence-electron chi connectivity index (χ4n) is 2.74. The van der Waals surface area contributed by atoms with Crippen molar-refractivity contribution in [3.63, 3.8) is 0 Å². The summed E-state index contributed by atoms with van der Waals surface area (Å²) in [5.74, 6) is 2.19. The van der Waals surface area contributed by atoms with Crippen LogP contribution in [0.5, 0.6) is 5.88 Å². The second kappa shape index (κ2) is 7.43. The van der Waals surface area contributed by atoms with Crippen LogP contribution in [0.2, 0.25) is 0 Å². The molecule has 112 valence electrons. The number of hydrogen-bond donors (Lipinski definition) is 2. The van der Waals surface area contributed by atoms with Crippen LogP contribution in [0.1, 0.15) is 38.3 Å². The molecule has 0 radical (unpaired) electrons. The van der Waals surface area contributed by atoms with Gasteiger partial charge in [-0.25, -0.2) is 4.98 Å². The van der Waals surface area contributed by atoms with Crippen LogP contribution in [0.3, 0.4) is 0 Å². The maximum atomic E-state index is 9.34. The van der Waals surface area contributed by atoms with Crippen LogP contribution >= 0.6 is 0 Å². The van der Waals surface area contributed by atoms with E-state index in [0.29, 0.717) is 30.3 Å². The van der Waals surface area contributed by atoms with Crippen LogP contribution in [0.4, 0.5) is 5.95 Å². The standard InChI is InChI=1S/C15H25N3O2/c1-3-7-20-14-8-11(2)17-15(18-14)16-9-12-5-4-6-13(12)10-19/h8,12-13,19H,3-7,9-10H2,1-2H3,(H,16,17,18). The summed E-state index contributed by atoms with van der Waals surface area (Å²) in [4.78, 5) is 8.77. The molecular formula is C15H25N3O2. The summed E-state index contributed by atoms with van der Waals surface area (Å²) in [5.41, 5.74) is 0.902. The summed E-state index contributed by atoms with van der Waals surface area (Å²) in [6.07, 6.45) is 4.47. The van der Waals surface area contributed by atoms with Crippen molar-refractivity contribution in [3.8, 4) is 5.88 Å². The van der Waals surface area contributed by atoms with Gasteiger partial charge in [-0.05, 0) is 38.0 Å².